The fraction of sp³-hybridized carbons (Fsp3) is 0.200. The Morgan fingerprint density at radius 3 is 2.68 bits per heavy atom. The van der Waals surface area contributed by atoms with Crippen LogP contribution in [-0.4, -0.2) is 30.4 Å². The van der Waals surface area contributed by atoms with Crippen LogP contribution >= 0.6 is 15.9 Å². The van der Waals surface area contributed by atoms with Crippen LogP contribution < -0.4 is 10.5 Å². The van der Waals surface area contributed by atoms with Gasteiger partial charge in [-0.3, -0.25) is 0 Å². The molecule has 2 N–H and O–H groups in total. The first kappa shape index (κ1) is 18.7. The molecule has 0 atom stereocenters. The van der Waals surface area contributed by atoms with E-state index < -0.39 is 18.8 Å². The Balaban J connectivity index is 2.66. The number of nitrogens with two attached hydrogens (primary N) is 1. The van der Waals surface area contributed by atoms with Crippen molar-refractivity contribution in [1.29, 1.82) is 5.26 Å². The number of aromatic nitrogens is 1. The number of nitrogen functional groups attached to an aromatic ring is 1. The predicted molar refractivity (Wildman–Crippen MR) is 85.5 cm³/mol. The van der Waals surface area contributed by atoms with Gasteiger partial charge in [0.1, 0.15) is 17.5 Å². The summed E-state index contributed by atoms with van der Waals surface area (Å²) in [5.41, 5.74) is 5.51. The number of halogens is 4. The van der Waals surface area contributed by atoms with Crippen molar-refractivity contribution in [2.75, 3.05) is 19.5 Å². The van der Waals surface area contributed by atoms with Crippen molar-refractivity contribution in [2.45, 2.75) is 6.18 Å². The fourth-order valence-corrected chi connectivity index (χ4v) is 2.64. The van der Waals surface area contributed by atoms with Crippen LogP contribution in [0.2, 0.25) is 0 Å². The maximum atomic E-state index is 12.5. The number of methoxy groups -OCH3 is 1. The summed E-state index contributed by atoms with van der Waals surface area (Å²) in [6.07, 6.45) is -3.32. The Morgan fingerprint density at radius 1 is 1.44 bits per heavy atom. The van der Waals surface area contributed by atoms with Crippen LogP contribution in [0.5, 0.6) is 5.75 Å². The number of benzene rings is 1. The lowest BCUT2D eigenvalue weighted by molar-refractivity contribution is -0.153. The molecule has 0 spiro atoms. The second-order valence-electron chi connectivity index (χ2n) is 4.77. The third-order valence-electron chi connectivity index (χ3n) is 3.13. The molecule has 0 saturated carbocycles. The van der Waals surface area contributed by atoms with E-state index in [-0.39, 0.29) is 28.4 Å². The molecule has 2 rings (SSSR count). The van der Waals surface area contributed by atoms with Gasteiger partial charge in [-0.15, -0.1) is 0 Å². The van der Waals surface area contributed by atoms with Crippen molar-refractivity contribution < 1.29 is 27.4 Å². The number of hydrogen-bond donors (Lipinski definition) is 1. The Morgan fingerprint density at radius 2 is 2.12 bits per heavy atom. The second kappa shape index (κ2) is 7.06. The summed E-state index contributed by atoms with van der Waals surface area (Å²) in [5, 5.41) is 9.12. The summed E-state index contributed by atoms with van der Waals surface area (Å²) in [5.74, 6) is -1.01. The number of carbonyl (C=O) groups excluding carboxylic acids is 1. The van der Waals surface area contributed by atoms with E-state index >= 15 is 0 Å². The molecule has 0 aliphatic carbocycles. The monoisotopic (exact) mass is 417 g/mol. The summed E-state index contributed by atoms with van der Waals surface area (Å²) in [4.78, 5) is 12.0. The van der Waals surface area contributed by atoms with E-state index in [0.717, 1.165) is 11.7 Å². The maximum Gasteiger partial charge on any atom is 0.422 e. The maximum absolute atomic E-state index is 12.5. The van der Waals surface area contributed by atoms with Crippen molar-refractivity contribution in [3.05, 3.63) is 40.1 Å². The van der Waals surface area contributed by atoms with Crippen LogP contribution in [0.15, 0.2) is 28.9 Å². The third-order valence-corrected chi connectivity index (χ3v) is 3.77. The van der Waals surface area contributed by atoms with Crippen molar-refractivity contribution in [3.63, 3.8) is 0 Å². The molecule has 0 saturated heterocycles. The third kappa shape index (κ3) is 3.88. The smallest absolute Gasteiger partial charge is 0.422 e. The number of anilines is 1. The number of carbonyl (C=O) groups is 1. The van der Waals surface area contributed by atoms with E-state index in [1.807, 2.05) is 6.07 Å². The highest BCUT2D eigenvalue weighted by Gasteiger charge is 2.30. The molecule has 10 heteroatoms. The molecule has 132 valence electrons. The van der Waals surface area contributed by atoms with E-state index in [2.05, 4.69) is 20.7 Å². The minimum Gasteiger partial charge on any atom is -0.482 e. The lowest BCUT2D eigenvalue weighted by atomic mass is 10.2. The standard InChI is InChI=1S/C15H11BrF3N3O3/c1-24-14(23)13-11(21)8(5-20)6-22(13)12-9(16)3-2-4-10(12)25-7-15(17,18)19/h2-4,6H,7,21H2,1H3. The molecule has 0 aliphatic heterocycles. The summed E-state index contributed by atoms with van der Waals surface area (Å²) >= 11 is 3.21. The SMILES string of the molecule is COC(=O)c1c(N)c(C#N)cn1-c1c(Br)cccc1OCC(F)(F)F. The number of hydrogen-bond acceptors (Lipinski definition) is 5. The van der Waals surface area contributed by atoms with Crippen LogP contribution in [0, 0.1) is 11.3 Å². The number of nitriles is 1. The van der Waals surface area contributed by atoms with Gasteiger partial charge in [0.25, 0.3) is 0 Å². The van der Waals surface area contributed by atoms with Crippen molar-refractivity contribution in [1.82, 2.24) is 4.57 Å². The lowest BCUT2D eigenvalue weighted by Crippen LogP contribution is -2.20. The highest BCUT2D eigenvalue weighted by Crippen LogP contribution is 2.35. The van der Waals surface area contributed by atoms with E-state index in [0.29, 0.717) is 4.47 Å². The number of para-hydroxylation sites is 1. The average molecular weight is 418 g/mol. The normalized spacial score (nSPS) is 11.0. The predicted octanol–water partition coefficient (Wildman–Crippen LogP) is 3.42. The molecular weight excluding hydrogens is 407 g/mol. The zero-order valence-corrected chi connectivity index (χ0v) is 14.3. The lowest BCUT2D eigenvalue weighted by Gasteiger charge is -2.16. The quantitative estimate of drug-likeness (QED) is 0.769. The molecule has 0 radical (unpaired) electrons. The number of nitrogens with zero attached hydrogens (tertiary/aromatic N) is 2. The minimum atomic E-state index is -4.54. The van der Waals surface area contributed by atoms with Crippen molar-refractivity contribution in [3.8, 4) is 17.5 Å². The molecule has 25 heavy (non-hydrogen) atoms. The summed E-state index contributed by atoms with van der Waals surface area (Å²) in [6.45, 7) is -1.52. The van der Waals surface area contributed by atoms with Gasteiger partial charge >= 0.3 is 12.1 Å². The van der Waals surface area contributed by atoms with Gasteiger partial charge in [0.2, 0.25) is 0 Å². The van der Waals surface area contributed by atoms with Crippen molar-refractivity contribution >= 4 is 27.6 Å². The Kier molecular flexibility index (Phi) is 5.27. The van der Waals surface area contributed by atoms with Gasteiger partial charge in [-0.1, -0.05) is 6.07 Å². The zero-order valence-electron chi connectivity index (χ0n) is 12.7. The van der Waals surface area contributed by atoms with Gasteiger partial charge in [0.15, 0.2) is 12.3 Å². The average Bonchev–Trinajstić information content (AvgIpc) is 2.87. The van der Waals surface area contributed by atoms with Gasteiger partial charge < -0.3 is 19.8 Å². The molecule has 0 aliphatic rings. The molecule has 1 aromatic heterocycles. The Labute approximate surface area is 148 Å². The first-order valence-corrected chi connectivity index (χ1v) is 7.46. The highest BCUT2D eigenvalue weighted by molar-refractivity contribution is 9.10. The Bertz CT molecular complexity index is 856. The summed E-state index contributed by atoms with van der Waals surface area (Å²) in [7, 11) is 1.12. The van der Waals surface area contributed by atoms with Gasteiger partial charge in [-0.25, -0.2) is 4.79 Å². The molecule has 1 aromatic carbocycles. The van der Waals surface area contributed by atoms with E-state index in [4.69, 9.17) is 15.7 Å². The van der Waals surface area contributed by atoms with E-state index in [9.17, 15) is 18.0 Å². The number of rotatable bonds is 4. The number of esters is 1. The summed E-state index contributed by atoms with van der Waals surface area (Å²) < 4.78 is 48.4. The van der Waals surface area contributed by atoms with Gasteiger partial charge in [0, 0.05) is 10.7 Å². The van der Waals surface area contributed by atoms with Gasteiger partial charge in [-0.2, -0.15) is 18.4 Å². The van der Waals surface area contributed by atoms with Gasteiger partial charge in [0.05, 0.1) is 18.4 Å². The van der Waals surface area contributed by atoms with Crippen LogP contribution in [0.3, 0.4) is 0 Å². The molecule has 2 aromatic rings. The van der Waals surface area contributed by atoms with Crippen LogP contribution in [-0.2, 0) is 4.74 Å². The molecule has 1 heterocycles. The molecule has 6 nitrogen and oxygen atoms in total. The second-order valence-corrected chi connectivity index (χ2v) is 5.62. The van der Waals surface area contributed by atoms with E-state index in [1.54, 1.807) is 6.07 Å². The zero-order chi connectivity index (χ0) is 18.8. The first-order chi connectivity index (χ1) is 11.7. The molecule has 0 fully saturated rings. The fourth-order valence-electron chi connectivity index (χ4n) is 2.10. The summed E-state index contributed by atoms with van der Waals surface area (Å²) in [6, 6.07) is 6.12. The largest absolute Gasteiger partial charge is 0.482 e. The highest BCUT2D eigenvalue weighted by atomic mass is 79.9. The topological polar surface area (TPSA) is 90.3 Å². The molecule has 0 amide bonds. The molecule has 0 bridgehead atoms. The molecule has 0 unspecified atom stereocenters. The van der Waals surface area contributed by atoms with Crippen LogP contribution in [0.4, 0.5) is 18.9 Å². The van der Waals surface area contributed by atoms with Crippen LogP contribution in [0.1, 0.15) is 16.1 Å². The number of alkyl halides is 3. The van der Waals surface area contributed by atoms with E-state index in [1.165, 1.54) is 18.3 Å². The number of ether oxygens (including phenoxy) is 2. The molecular formula is C15H11BrF3N3O3. The van der Waals surface area contributed by atoms with Gasteiger partial charge in [-0.05, 0) is 28.1 Å². The minimum absolute atomic E-state index is 0.0297. The van der Waals surface area contributed by atoms with Crippen LogP contribution in [0.25, 0.3) is 5.69 Å². The first-order valence-electron chi connectivity index (χ1n) is 6.67. The van der Waals surface area contributed by atoms with Crippen molar-refractivity contribution in [2.24, 2.45) is 0 Å². The Hall–Kier alpha value is -2.67.